The van der Waals surface area contributed by atoms with Gasteiger partial charge in [-0.3, -0.25) is 4.90 Å². The standard InChI is InChI=1S/C20H27N3O4S/c1-16-17(14-21)3-2-4-19(16)28(24,25)23-7-5-20(6-8-23)13-18(15-27-20)22-9-11-26-12-10-22/h2-4,18H,5-13,15H2,1H3. The first-order chi connectivity index (χ1) is 13.5. The molecule has 3 aliphatic heterocycles. The van der Waals surface area contributed by atoms with Crippen LogP contribution in [0.3, 0.4) is 0 Å². The highest BCUT2D eigenvalue weighted by Gasteiger charge is 2.46. The van der Waals surface area contributed by atoms with Crippen LogP contribution in [0.2, 0.25) is 0 Å². The number of hydrogen-bond acceptors (Lipinski definition) is 6. The molecule has 8 heteroatoms. The molecule has 4 rings (SSSR count). The Balaban J connectivity index is 1.44. The SMILES string of the molecule is Cc1c(C#N)cccc1S(=O)(=O)N1CCC2(CC1)CC(N1CCOCC1)CO2. The van der Waals surface area contributed by atoms with Gasteiger partial charge in [0.25, 0.3) is 0 Å². The van der Waals surface area contributed by atoms with E-state index in [0.717, 1.165) is 39.3 Å². The molecule has 7 nitrogen and oxygen atoms in total. The molecular weight excluding hydrogens is 378 g/mol. The minimum absolute atomic E-state index is 0.210. The van der Waals surface area contributed by atoms with E-state index in [1.165, 1.54) is 0 Å². The fourth-order valence-electron chi connectivity index (χ4n) is 4.63. The van der Waals surface area contributed by atoms with Crippen molar-refractivity contribution in [2.75, 3.05) is 46.0 Å². The van der Waals surface area contributed by atoms with Gasteiger partial charge in [0.15, 0.2) is 0 Å². The molecule has 3 heterocycles. The van der Waals surface area contributed by atoms with E-state index >= 15 is 0 Å². The fourth-order valence-corrected chi connectivity index (χ4v) is 6.32. The van der Waals surface area contributed by atoms with Crippen molar-refractivity contribution in [2.45, 2.75) is 42.7 Å². The smallest absolute Gasteiger partial charge is 0.243 e. The molecule has 28 heavy (non-hydrogen) atoms. The highest BCUT2D eigenvalue weighted by Crippen LogP contribution is 2.39. The average molecular weight is 406 g/mol. The Kier molecular flexibility index (Phi) is 5.47. The number of rotatable bonds is 3. The maximum absolute atomic E-state index is 13.1. The normalized spacial score (nSPS) is 26.4. The molecule has 152 valence electrons. The van der Waals surface area contributed by atoms with Crippen LogP contribution in [0.1, 0.15) is 30.4 Å². The lowest BCUT2D eigenvalue weighted by Crippen LogP contribution is -2.48. The van der Waals surface area contributed by atoms with Crippen molar-refractivity contribution in [3.05, 3.63) is 29.3 Å². The van der Waals surface area contributed by atoms with Gasteiger partial charge >= 0.3 is 0 Å². The van der Waals surface area contributed by atoms with Crippen molar-refractivity contribution >= 4 is 10.0 Å². The lowest BCUT2D eigenvalue weighted by Gasteiger charge is -2.39. The van der Waals surface area contributed by atoms with E-state index in [1.54, 1.807) is 29.4 Å². The van der Waals surface area contributed by atoms with E-state index in [-0.39, 0.29) is 10.5 Å². The van der Waals surface area contributed by atoms with Crippen molar-refractivity contribution in [2.24, 2.45) is 0 Å². The third kappa shape index (κ3) is 3.58. The first kappa shape index (κ1) is 19.8. The molecule has 0 radical (unpaired) electrons. The minimum atomic E-state index is -3.61. The van der Waals surface area contributed by atoms with Crippen LogP contribution in [0.5, 0.6) is 0 Å². The molecule has 1 aromatic carbocycles. The summed E-state index contributed by atoms with van der Waals surface area (Å²) in [5.74, 6) is 0. The predicted octanol–water partition coefficient (Wildman–Crippen LogP) is 1.51. The van der Waals surface area contributed by atoms with Crippen LogP contribution in [-0.4, -0.2) is 75.3 Å². The van der Waals surface area contributed by atoms with Crippen molar-refractivity contribution in [1.82, 2.24) is 9.21 Å². The van der Waals surface area contributed by atoms with Crippen LogP contribution >= 0.6 is 0 Å². The van der Waals surface area contributed by atoms with Crippen LogP contribution in [0.4, 0.5) is 0 Å². The topological polar surface area (TPSA) is 82.9 Å². The average Bonchev–Trinajstić information content (AvgIpc) is 3.12. The van der Waals surface area contributed by atoms with Crippen molar-refractivity contribution < 1.29 is 17.9 Å². The Bertz CT molecular complexity index is 866. The summed E-state index contributed by atoms with van der Waals surface area (Å²) in [6.45, 7) is 6.76. The summed E-state index contributed by atoms with van der Waals surface area (Å²) < 4.78 is 39.5. The highest BCUT2D eigenvalue weighted by atomic mass is 32.2. The second-order valence-corrected chi connectivity index (χ2v) is 9.85. The molecule has 0 saturated carbocycles. The van der Waals surface area contributed by atoms with E-state index < -0.39 is 10.0 Å². The van der Waals surface area contributed by atoms with Crippen LogP contribution < -0.4 is 0 Å². The summed E-state index contributed by atoms with van der Waals surface area (Å²) in [4.78, 5) is 2.68. The number of nitrogens with zero attached hydrogens (tertiary/aromatic N) is 3. The Labute approximate surface area is 166 Å². The van der Waals surface area contributed by atoms with Gasteiger partial charge in [0.1, 0.15) is 0 Å². The summed E-state index contributed by atoms with van der Waals surface area (Å²) >= 11 is 0. The van der Waals surface area contributed by atoms with Gasteiger partial charge in [-0.1, -0.05) is 6.07 Å². The number of benzene rings is 1. The monoisotopic (exact) mass is 405 g/mol. The highest BCUT2D eigenvalue weighted by molar-refractivity contribution is 7.89. The molecule has 3 aliphatic rings. The van der Waals surface area contributed by atoms with Crippen LogP contribution in [0.25, 0.3) is 0 Å². The molecule has 0 N–H and O–H groups in total. The lowest BCUT2D eigenvalue weighted by atomic mass is 9.88. The van der Waals surface area contributed by atoms with Gasteiger partial charge in [-0.25, -0.2) is 8.42 Å². The van der Waals surface area contributed by atoms with Gasteiger partial charge in [-0.05, 0) is 43.9 Å². The fraction of sp³-hybridized carbons (Fsp3) is 0.650. The number of ether oxygens (including phenoxy) is 2. The van der Waals surface area contributed by atoms with Crippen molar-refractivity contribution in [3.8, 4) is 6.07 Å². The Morgan fingerprint density at radius 2 is 1.89 bits per heavy atom. The number of hydrogen-bond donors (Lipinski definition) is 0. The summed E-state index contributed by atoms with van der Waals surface area (Å²) in [7, 11) is -3.61. The number of morpholine rings is 1. The Hall–Kier alpha value is -1.50. The maximum Gasteiger partial charge on any atom is 0.243 e. The number of nitriles is 1. The third-order valence-electron chi connectivity index (χ3n) is 6.41. The summed E-state index contributed by atoms with van der Waals surface area (Å²) in [5.41, 5.74) is 0.718. The van der Waals surface area contributed by atoms with Gasteiger partial charge in [0.2, 0.25) is 10.0 Å². The quantitative estimate of drug-likeness (QED) is 0.758. The van der Waals surface area contributed by atoms with Gasteiger partial charge in [0, 0.05) is 32.2 Å². The van der Waals surface area contributed by atoms with Crippen LogP contribution in [0, 0.1) is 18.3 Å². The van der Waals surface area contributed by atoms with Crippen LogP contribution in [0.15, 0.2) is 23.1 Å². The van der Waals surface area contributed by atoms with E-state index in [2.05, 4.69) is 11.0 Å². The lowest BCUT2D eigenvalue weighted by molar-refractivity contribution is -0.0328. The van der Waals surface area contributed by atoms with E-state index in [0.29, 0.717) is 43.1 Å². The Morgan fingerprint density at radius 1 is 1.18 bits per heavy atom. The molecule has 0 amide bonds. The van der Waals surface area contributed by atoms with Crippen molar-refractivity contribution in [1.29, 1.82) is 5.26 Å². The Morgan fingerprint density at radius 3 is 2.57 bits per heavy atom. The zero-order valence-corrected chi connectivity index (χ0v) is 17.1. The van der Waals surface area contributed by atoms with Gasteiger partial charge in [0.05, 0.1) is 41.9 Å². The molecule has 3 saturated heterocycles. The maximum atomic E-state index is 13.1. The third-order valence-corrected chi connectivity index (χ3v) is 8.45. The summed E-state index contributed by atoms with van der Waals surface area (Å²) in [6, 6.07) is 7.35. The first-order valence-electron chi connectivity index (χ1n) is 9.91. The summed E-state index contributed by atoms with van der Waals surface area (Å²) in [5, 5.41) is 9.20. The molecular formula is C20H27N3O4S. The minimum Gasteiger partial charge on any atom is -0.379 e. The molecule has 1 aromatic rings. The number of piperidine rings is 1. The van der Waals surface area contributed by atoms with E-state index in [4.69, 9.17) is 9.47 Å². The molecule has 0 aliphatic carbocycles. The second kappa shape index (κ2) is 7.73. The molecule has 0 bridgehead atoms. The summed E-state index contributed by atoms with van der Waals surface area (Å²) in [6.07, 6.45) is 2.39. The molecule has 1 atom stereocenters. The predicted molar refractivity (Wildman–Crippen MR) is 103 cm³/mol. The molecule has 1 unspecified atom stereocenters. The van der Waals surface area contributed by atoms with Crippen LogP contribution in [-0.2, 0) is 19.5 Å². The zero-order chi connectivity index (χ0) is 19.8. The van der Waals surface area contributed by atoms with Gasteiger partial charge < -0.3 is 9.47 Å². The molecule has 0 aromatic heterocycles. The van der Waals surface area contributed by atoms with Crippen molar-refractivity contribution in [3.63, 3.8) is 0 Å². The van der Waals surface area contributed by atoms with Gasteiger partial charge in [-0.15, -0.1) is 0 Å². The van der Waals surface area contributed by atoms with E-state index in [9.17, 15) is 13.7 Å². The largest absolute Gasteiger partial charge is 0.379 e. The number of sulfonamides is 1. The first-order valence-corrected chi connectivity index (χ1v) is 11.3. The zero-order valence-electron chi connectivity index (χ0n) is 16.3. The van der Waals surface area contributed by atoms with E-state index in [1.807, 2.05) is 0 Å². The molecule has 1 spiro atoms. The van der Waals surface area contributed by atoms with Gasteiger partial charge in [-0.2, -0.15) is 9.57 Å². The second-order valence-electron chi connectivity index (χ2n) is 7.94. The molecule has 3 fully saturated rings.